The Kier molecular flexibility index (Phi) is 4.14. The van der Waals surface area contributed by atoms with E-state index in [9.17, 15) is 9.59 Å². The van der Waals surface area contributed by atoms with Gasteiger partial charge in [-0.05, 0) is 31.0 Å². The number of hydrogen-bond donors (Lipinski definition) is 1. The third-order valence-corrected chi connectivity index (χ3v) is 4.11. The van der Waals surface area contributed by atoms with Gasteiger partial charge in [-0.15, -0.1) is 11.8 Å². The summed E-state index contributed by atoms with van der Waals surface area (Å²) < 4.78 is 0. The van der Waals surface area contributed by atoms with Crippen LogP contribution in [-0.4, -0.2) is 29.3 Å². The maximum Gasteiger partial charge on any atom is 0.303 e. The number of anilines is 1. The van der Waals surface area contributed by atoms with Crippen LogP contribution in [-0.2, 0) is 9.59 Å². The Morgan fingerprint density at radius 1 is 1.32 bits per heavy atom. The molecule has 0 aromatic heterocycles. The molecule has 0 aliphatic carbocycles. The number of aliphatic carboxylic acids is 1. The molecule has 1 aliphatic rings. The van der Waals surface area contributed by atoms with Gasteiger partial charge in [0, 0.05) is 23.6 Å². The lowest BCUT2D eigenvalue weighted by Crippen LogP contribution is -2.36. The van der Waals surface area contributed by atoms with Crippen molar-refractivity contribution in [3.63, 3.8) is 0 Å². The Morgan fingerprint density at radius 2 is 2.05 bits per heavy atom. The van der Waals surface area contributed by atoms with Gasteiger partial charge in [-0.25, -0.2) is 0 Å². The molecule has 102 valence electrons. The number of thioether (sulfide) groups is 1. The third-order valence-electron chi connectivity index (χ3n) is 3.11. The van der Waals surface area contributed by atoms with E-state index in [1.165, 1.54) is 5.56 Å². The van der Waals surface area contributed by atoms with Gasteiger partial charge in [0.1, 0.15) is 0 Å². The fraction of sp³-hybridized carbons (Fsp3) is 0.429. The first-order valence-electron chi connectivity index (χ1n) is 6.25. The summed E-state index contributed by atoms with van der Waals surface area (Å²) in [5, 5.41) is 8.67. The van der Waals surface area contributed by atoms with Gasteiger partial charge in [0.15, 0.2) is 0 Å². The molecule has 0 saturated heterocycles. The van der Waals surface area contributed by atoms with E-state index in [0.717, 1.165) is 21.9 Å². The van der Waals surface area contributed by atoms with Crippen LogP contribution < -0.4 is 4.90 Å². The van der Waals surface area contributed by atoms with E-state index in [1.807, 2.05) is 13.8 Å². The first kappa shape index (κ1) is 13.9. The molecule has 0 unspecified atom stereocenters. The fourth-order valence-electron chi connectivity index (χ4n) is 2.33. The van der Waals surface area contributed by atoms with Crippen LogP contribution in [0, 0.1) is 13.8 Å². The summed E-state index contributed by atoms with van der Waals surface area (Å²) >= 11 is 1.75. The molecular weight excluding hydrogens is 262 g/mol. The maximum atomic E-state index is 12.2. The lowest BCUT2D eigenvalue weighted by molar-refractivity contribution is -0.138. The van der Waals surface area contributed by atoms with Crippen molar-refractivity contribution in [1.82, 2.24) is 0 Å². The predicted molar refractivity (Wildman–Crippen MR) is 75.9 cm³/mol. The number of carbonyl (C=O) groups is 2. The lowest BCUT2D eigenvalue weighted by Gasteiger charge is -2.31. The standard InChI is InChI=1S/C14H17NO3S/c1-9-7-10(2)14-11(8-9)19-6-5-15(14)12(16)3-4-13(17)18/h7-8H,3-6H2,1-2H3,(H,17,18). The average Bonchev–Trinajstić information content (AvgIpc) is 2.34. The molecule has 5 heteroatoms. The van der Waals surface area contributed by atoms with E-state index in [4.69, 9.17) is 5.11 Å². The molecule has 0 atom stereocenters. The van der Waals surface area contributed by atoms with Crippen molar-refractivity contribution >= 4 is 29.3 Å². The van der Waals surface area contributed by atoms with Gasteiger partial charge >= 0.3 is 5.97 Å². The number of carbonyl (C=O) groups excluding carboxylic acids is 1. The van der Waals surface area contributed by atoms with Crippen LogP contribution in [0.25, 0.3) is 0 Å². The number of carboxylic acids is 1. The molecule has 0 fully saturated rings. The highest BCUT2D eigenvalue weighted by Crippen LogP contribution is 2.38. The van der Waals surface area contributed by atoms with Crippen molar-refractivity contribution in [3.05, 3.63) is 23.3 Å². The van der Waals surface area contributed by atoms with E-state index in [-0.39, 0.29) is 18.7 Å². The molecule has 1 heterocycles. The number of hydrogen-bond acceptors (Lipinski definition) is 3. The van der Waals surface area contributed by atoms with Crippen LogP contribution in [0.4, 0.5) is 5.69 Å². The summed E-state index contributed by atoms with van der Waals surface area (Å²) in [6.45, 7) is 4.69. The molecule has 1 aliphatic heterocycles. The molecule has 1 amide bonds. The van der Waals surface area contributed by atoms with Crippen molar-refractivity contribution in [1.29, 1.82) is 0 Å². The van der Waals surface area contributed by atoms with Gasteiger partial charge in [0.2, 0.25) is 5.91 Å². The molecule has 0 spiro atoms. The van der Waals surface area contributed by atoms with Gasteiger partial charge in [-0.1, -0.05) is 6.07 Å². The number of rotatable bonds is 3. The summed E-state index contributed by atoms with van der Waals surface area (Å²) in [6.07, 6.45) is -0.0462. The Labute approximate surface area is 116 Å². The second-order valence-corrected chi connectivity index (χ2v) is 5.85. The zero-order valence-corrected chi connectivity index (χ0v) is 11.9. The second-order valence-electron chi connectivity index (χ2n) is 4.72. The molecule has 1 N–H and O–H groups in total. The topological polar surface area (TPSA) is 57.6 Å². The second kappa shape index (κ2) is 5.65. The van der Waals surface area contributed by atoms with Crippen LogP contribution in [0.1, 0.15) is 24.0 Å². The first-order valence-corrected chi connectivity index (χ1v) is 7.24. The number of amides is 1. The summed E-state index contributed by atoms with van der Waals surface area (Å²) in [4.78, 5) is 25.6. The lowest BCUT2D eigenvalue weighted by atomic mass is 10.1. The summed E-state index contributed by atoms with van der Waals surface area (Å²) in [5.41, 5.74) is 3.21. The van der Waals surface area contributed by atoms with E-state index >= 15 is 0 Å². The van der Waals surface area contributed by atoms with Crippen molar-refractivity contribution in [2.45, 2.75) is 31.6 Å². The highest BCUT2D eigenvalue weighted by molar-refractivity contribution is 7.99. The highest BCUT2D eigenvalue weighted by Gasteiger charge is 2.25. The molecule has 19 heavy (non-hydrogen) atoms. The molecule has 1 aromatic rings. The molecule has 4 nitrogen and oxygen atoms in total. The van der Waals surface area contributed by atoms with Crippen molar-refractivity contribution in [2.75, 3.05) is 17.2 Å². The monoisotopic (exact) mass is 279 g/mol. The Bertz CT molecular complexity index is 528. The molecule has 0 radical (unpaired) electrons. The minimum Gasteiger partial charge on any atom is -0.481 e. The number of carboxylic acid groups (broad SMARTS) is 1. The van der Waals surface area contributed by atoms with Gasteiger partial charge in [0.05, 0.1) is 12.1 Å². The van der Waals surface area contributed by atoms with Crippen LogP contribution in [0.3, 0.4) is 0 Å². The van der Waals surface area contributed by atoms with Gasteiger partial charge in [-0.3, -0.25) is 9.59 Å². The third kappa shape index (κ3) is 3.10. The van der Waals surface area contributed by atoms with Crippen molar-refractivity contribution in [3.8, 4) is 0 Å². The maximum absolute atomic E-state index is 12.2. The van der Waals surface area contributed by atoms with Gasteiger partial charge < -0.3 is 10.0 Å². The molecule has 0 saturated carbocycles. The van der Waals surface area contributed by atoms with E-state index in [2.05, 4.69) is 12.1 Å². The largest absolute Gasteiger partial charge is 0.481 e. The van der Waals surface area contributed by atoms with E-state index < -0.39 is 5.97 Å². The number of fused-ring (bicyclic) bond motifs is 1. The predicted octanol–water partition coefficient (Wildman–Crippen LogP) is 2.61. The van der Waals surface area contributed by atoms with Crippen molar-refractivity contribution in [2.24, 2.45) is 0 Å². The normalized spacial score (nSPS) is 14.1. The minimum atomic E-state index is -0.930. The first-order chi connectivity index (χ1) is 8.99. The summed E-state index contributed by atoms with van der Waals surface area (Å²) in [7, 11) is 0. The highest BCUT2D eigenvalue weighted by atomic mass is 32.2. The zero-order chi connectivity index (χ0) is 14.0. The molecule has 2 rings (SSSR count). The number of nitrogens with zero attached hydrogens (tertiary/aromatic N) is 1. The number of aryl methyl sites for hydroxylation is 2. The van der Waals surface area contributed by atoms with Crippen LogP contribution in [0.5, 0.6) is 0 Å². The van der Waals surface area contributed by atoms with Crippen molar-refractivity contribution < 1.29 is 14.7 Å². The average molecular weight is 279 g/mol. The molecule has 1 aromatic carbocycles. The molecule has 0 bridgehead atoms. The zero-order valence-electron chi connectivity index (χ0n) is 11.1. The fourth-order valence-corrected chi connectivity index (χ4v) is 3.50. The Morgan fingerprint density at radius 3 is 2.74 bits per heavy atom. The smallest absolute Gasteiger partial charge is 0.303 e. The molecular formula is C14H17NO3S. The summed E-state index contributed by atoms with van der Waals surface area (Å²) in [6, 6.07) is 4.14. The van der Waals surface area contributed by atoms with Crippen LogP contribution >= 0.6 is 11.8 Å². The van der Waals surface area contributed by atoms with E-state index in [0.29, 0.717) is 6.54 Å². The quantitative estimate of drug-likeness (QED) is 0.924. The van der Waals surface area contributed by atoms with Gasteiger partial charge in [0.25, 0.3) is 0 Å². The Balaban J connectivity index is 2.26. The number of benzene rings is 1. The summed E-state index contributed by atoms with van der Waals surface area (Å²) in [5.74, 6) is -0.175. The Hall–Kier alpha value is -1.49. The SMILES string of the molecule is Cc1cc(C)c2c(c1)SCCN2C(=O)CCC(=O)O. The van der Waals surface area contributed by atoms with E-state index in [1.54, 1.807) is 16.7 Å². The van der Waals surface area contributed by atoms with Crippen LogP contribution in [0.2, 0.25) is 0 Å². The minimum absolute atomic E-state index is 0.0623. The van der Waals surface area contributed by atoms with Gasteiger partial charge in [-0.2, -0.15) is 0 Å². The van der Waals surface area contributed by atoms with Crippen LogP contribution in [0.15, 0.2) is 17.0 Å².